The van der Waals surface area contributed by atoms with Gasteiger partial charge in [-0.1, -0.05) is 12.8 Å². The van der Waals surface area contributed by atoms with Gasteiger partial charge in [0.15, 0.2) is 0 Å². The number of carbonyl (C=O) groups is 1. The molecule has 130 valence electrons. The van der Waals surface area contributed by atoms with Crippen LogP contribution in [0.1, 0.15) is 58.2 Å². The van der Waals surface area contributed by atoms with Gasteiger partial charge >= 0.3 is 6.09 Å². The number of amides is 1. The van der Waals surface area contributed by atoms with E-state index >= 15 is 0 Å². The van der Waals surface area contributed by atoms with E-state index in [2.05, 4.69) is 33.3 Å². The molecule has 5 nitrogen and oxygen atoms in total. The van der Waals surface area contributed by atoms with E-state index in [0.717, 1.165) is 10.2 Å². The molecular formula is C18H24IN3O2. The van der Waals surface area contributed by atoms with Crippen molar-refractivity contribution in [1.82, 2.24) is 14.7 Å². The molecule has 6 rings (SSSR count). The van der Waals surface area contributed by atoms with Gasteiger partial charge in [-0.25, -0.2) is 4.79 Å². The average molecular weight is 441 g/mol. The van der Waals surface area contributed by atoms with E-state index in [4.69, 9.17) is 9.84 Å². The SMILES string of the molecule is CC(C)(C)OC(=O)N1C[C@@H]2[C@@H]3C1[C@@]23c1cc(I)nn1C1CCCC1. The van der Waals surface area contributed by atoms with Crippen molar-refractivity contribution in [2.24, 2.45) is 11.8 Å². The minimum Gasteiger partial charge on any atom is -0.444 e. The van der Waals surface area contributed by atoms with Crippen molar-refractivity contribution >= 4 is 28.7 Å². The molecule has 1 unspecified atom stereocenters. The molecule has 6 heteroatoms. The van der Waals surface area contributed by atoms with Crippen LogP contribution in [0.15, 0.2) is 6.07 Å². The van der Waals surface area contributed by atoms with Crippen LogP contribution in [-0.2, 0) is 10.2 Å². The molecule has 0 N–H and O–H groups in total. The van der Waals surface area contributed by atoms with Crippen LogP contribution in [0.4, 0.5) is 4.79 Å². The summed E-state index contributed by atoms with van der Waals surface area (Å²) in [4.78, 5) is 14.5. The summed E-state index contributed by atoms with van der Waals surface area (Å²) in [6.45, 7) is 6.67. The molecule has 3 heterocycles. The molecule has 5 aliphatic rings. The summed E-state index contributed by atoms with van der Waals surface area (Å²) < 4.78 is 9.02. The third-order valence-corrected chi connectivity index (χ3v) is 6.91. The topological polar surface area (TPSA) is 47.4 Å². The number of fused-ring (bicyclic) bond motifs is 1. The van der Waals surface area contributed by atoms with Crippen LogP contribution in [0.25, 0.3) is 0 Å². The number of halogens is 1. The van der Waals surface area contributed by atoms with Crippen LogP contribution in [0, 0.1) is 15.5 Å². The Morgan fingerprint density at radius 2 is 2.08 bits per heavy atom. The van der Waals surface area contributed by atoms with Gasteiger partial charge in [0.05, 0.1) is 12.1 Å². The van der Waals surface area contributed by atoms with Crippen LogP contribution in [-0.4, -0.2) is 39.0 Å². The van der Waals surface area contributed by atoms with Crippen LogP contribution in [0.3, 0.4) is 0 Å². The van der Waals surface area contributed by atoms with Crippen molar-refractivity contribution in [2.75, 3.05) is 6.54 Å². The van der Waals surface area contributed by atoms with E-state index in [0.29, 0.717) is 23.9 Å². The Bertz CT molecular complexity index is 712. The maximum absolute atomic E-state index is 12.5. The summed E-state index contributed by atoms with van der Waals surface area (Å²) >= 11 is 2.33. The Labute approximate surface area is 156 Å². The van der Waals surface area contributed by atoms with Crippen molar-refractivity contribution in [1.29, 1.82) is 0 Å². The van der Waals surface area contributed by atoms with Crippen LogP contribution in [0.5, 0.6) is 0 Å². The molecule has 1 aromatic rings. The number of rotatable bonds is 2. The second kappa shape index (κ2) is 4.68. The maximum atomic E-state index is 12.5. The Kier molecular flexibility index (Phi) is 3.01. The lowest BCUT2D eigenvalue weighted by Crippen LogP contribution is -2.36. The lowest BCUT2D eigenvalue weighted by atomic mass is 10.0. The predicted octanol–water partition coefficient (Wildman–Crippen LogP) is 3.72. The minimum absolute atomic E-state index is 0.138. The van der Waals surface area contributed by atoms with Gasteiger partial charge in [0.25, 0.3) is 0 Å². The predicted molar refractivity (Wildman–Crippen MR) is 97.8 cm³/mol. The number of carbonyl (C=O) groups excluding carboxylic acids is 1. The van der Waals surface area contributed by atoms with Gasteiger partial charge in [-0.05, 0) is 74.1 Å². The van der Waals surface area contributed by atoms with Gasteiger partial charge in [0, 0.05) is 17.7 Å². The molecule has 0 radical (unpaired) electrons. The molecule has 24 heavy (non-hydrogen) atoms. The number of hydrogen-bond donors (Lipinski definition) is 0. The third-order valence-electron chi connectivity index (χ3n) is 6.39. The molecular weight excluding hydrogens is 417 g/mol. The number of piperidine rings is 1. The first kappa shape index (κ1) is 15.5. The molecule has 2 saturated heterocycles. The summed E-state index contributed by atoms with van der Waals surface area (Å²) in [7, 11) is 0. The van der Waals surface area contributed by atoms with Gasteiger partial charge in [-0.15, -0.1) is 0 Å². The highest BCUT2D eigenvalue weighted by Crippen LogP contribution is 2.85. The van der Waals surface area contributed by atoms with E-state index in [1.165, 1.54) is 31.4 Å². The summed E-state index contributed by atoms with van der Waals surface area (Å²) in [5, 5.41) is 4.82. The minimum atomic E-state index is -0.423. The Balaban J connectivity index is 1.41. The standard InChI is InChI=1S/C18H24IN3O2/c1-17(2,3)24-16(23)21-9-11-14-15(21)18(11,14)12-8-13(19)20-22(12)10-6-4-5-7-10/h8,10-11,14-15H,4-7,9H2,1-3H3/t11-,14-,15?,18-/m1/s1. The monoisotopic (exact) mass is 441 g/mol. The zero-order chi connectivity index (χ0) is 16.9. The number of ether oxygens (including phenoxy) is 1. The zero-order valence-corrected chi connectivity index (χ0v) is 16.6. The fourth-order valence-corrected chi connectivity index (χ4v) is 5.95. The third kappa shape index (κ3) is 1.92. The van der Waals surface area contributed by atoms with Crippen molar-refractivity contribution in [3.8, 4) is 0 Å². The van der Waals surface area contributed by atoms with Gasteiger partial charge in [0.1, 0.15) is 9.30 Å². The van der Waals surface area contributed by atoms with E-state index in [9.17, 15) is 4.79 Å². The lowest BCUT2D eigenvalue weighted by Gasteiger charge is -2.25. The highest BCUT2D eigenvalue weighted by atomic mass is 127. The summed E-state index contributed by atoms with van der Waals surface area (Å²) in [6, 6.07) is 3.18. The fraction of sp³-hybridized carbons (Fsp3) is 0.778. The van der Waals surface area contributed by atoms with Crippen LogP contribution < -0.4 is 0 Å². The summed E-state index contributed by atoms with van der Waals surface area (Å²) in [5.74, 6) is 1.28. The van der Waals surface area contributed by atoms with Gasteiger partial charge in [0.2, 0.25) is 0 Å². The number of hydrogen-bond acceptors (Lipinski definition) is 3. The Hall–Kier alpha value is -0.790. The van der Waals surface area contributed by atoms with E-state index < -0.39 is 5.60 Å². The largest absolute Gasteiger partial charge is 0.444 e. The molecule has 2 aliphatic heterocycles. The number of aromatic nitrogens is 2. The van der Waals surface area contributed by atoms with E-state index in [1.54, 1.807) is 0 Å². The van der Waals surface area contributed by atoms with Crippen LogP contribution >= 0.6 is 22.6 Å². The lowest BCUT2D eigenvalue weighted by molar-refractivity contribution is 0.0278. The maximum Gasteiger partial charge on any atom is 0.410 e. The summed E-state index contributed by atoms with van der Waals surface area (Å²) in [5.41, 5.74) is 1.17. The molecule has 2 bridgehead atoms. The van der Waals surface area contributed by atoms with E-state index in [1.807, 2.05) is 25.7 Å². The molecule has 3 aliphatic carbocycles. The Morgan fingerprint density at radius 3 is 2.71 bits per heavy atom. The molecule has 4 atom stereocenters. The first-order valence-electron chi connectivity index (χ1n) is 9.09. The van der Waals surface area contributed by atoms with Crippen molar-refractivity contribution in [2.45, 2.75) is 69.6 Å². The average Bonchev–Trinajstić information content (AvgIpc) is 3.04. The highest BCUT2D eigenvalue weighted by molar-refractivity contribution is 14.1. The number of nitrogens with zero attached hydrogens (tertiary/aromatic N) is 3. The fourth-order valence-electron chi connectivity index (χ4n) is 5.43. The second-order valence-corrected chi connectivity index (χ2v) is 9.98. The molecule has 5 fully saturated rings. The molecule has 0 aromatic carbocycles. The zero-order valence-electron chi connectivity index (χ0n) is 14.5. The Morgan fingerprint density at radius 1 is 1.38 bits per heavy atom. The summed E-state index contributed by atoms with van der Waals surface area (Å²) in [6.07, 6.45) is 4.98. The van der Waals surface area contributed by atoms with Gasteiger partial charge < -0.3 is 9.64 Å². The van der Waals surface area contributed by atoms with Crippen molar-refractivity contribution in [3.63, 3.8) is 0 Å². The quantitative estimate of drug-likeness (QED) is 0.658. The van der Waals surface area contributed by atoms with Gasteiger partial charge in [-0.3, -0.25) is 4.68 Å². The van der Waals surface area contributed by atoms with E-state index in [-0.39, 0.29) is 11.5 Å². The van der Waals surface area contributed by atoms with Crippen molar-refractivity contribution in [3.05, 3.63) is 15.5 Å². The highest BCUT2D eigenvalue weighted by Gasteiger charge is 2.94. The second-order valence-electron chi connectivity index (χ2n) is 8.88. The first-order chi connectivity index (χ1) is 11.3. The molecule has 0 spiro atoms. The normalized spacial score (nSPS) is 36.8. The first-order valence-corrected chi connectivity index (χ1v) is 10.2. The molecule has 1 aromatic heterocycles. The van der Waals surface area contributed by atoms with Gasteiger partial charge in [-0.2, -0.15) is 5.10 Å². The van der Waals surface area contributed by atoms with Crippen molar-refractivity contribution < 1.29 is 9.53 Å². The smallest absolute Gasteiger partial charge is 0.410 e. The molecule has 3 saturated carbocycles. The molecule has 1 amide bonds. The van der Waals surface area contributed by atoms with Crippen LogP contribution in [0.2, 0.25) is 0 Å².